The molecule has 0 atom stereocenters. The molecule has 1 aromatic heterocycles. The van der Waals surface area contributed by atoms with Gasteiger partial charge in [0.15, 0.2) is 5.75 Å². The number of pyridine rings is 1. The quantitative estimate of drug-likeness (QED) is 0.417. The maximum Gasteiger partial charge on any atom is 0.340 e. The first-order valence-corrected chi connectivity index (χ1v) is 12.2. The molecule has 0 saturated carbocycles. The maximum absolute atomic E-state index is 11.8. The van der Waals surface area contributed by atoms with Gasteiger partial charge in [0, 0.05) is 29.7 Å². The Kier molecular flexibility index (Phi) is 9.87. The average molecular weight is 466 g/mol. The summed E-state index contributed by atoms with van der Waals surface area (Å²) in [6.07, 6.45) is 0. The van der Waals surface area contributed by atoms with Crippen molar-refractivity contribution in [3.63, 3.8) is 0 Å². The minimum absolute atomic E-state index is 0.106. The van der Waals surface area contributed by atoms with Crippen molar-refractivity contribution in [2.45, 2.75) is 48.5 Å². The van der Waals surface area contributed by atoms with Crippen LogP contribution in [-0.4, -0.2) is 58.8 Å². The van der Waals surface area contributed by atoms with E-state index in [1.54, 1.807) is 6.07 Å². The van der Waals surface area contributed by atoms with E-state index in [4.69, 9.17) is 0 Å². The Morgan fingerprint density at radius 2 is 1.41 bits per heavy atom. The Bertz CT molecular complexity index is 1100. The molecule has 6 nitrogen and oxygen atoms in total. The first-order valence-electron chi connectivity index (χ1n) is 12.2. The van der Waals surface area contributed by atoms with Gasteiger partial charge in [-0.1, -0.05) is 45.0 Å². The Morgan fingerprint density at radius 3 is 1.85 bits per heavy atom. The van der Waals surface area contributed by atoms with Gasteiger partial charge in [-0.15, -0.1) is 0 Å². The average Bonchev–Trinajstić information content (AvgIpc) is 2.84. The van der Waals surface area contributed by atoms with Crippen LogP contribution in [0.5, 0.6) is 5.75 Å². The molecule has 0 bridgehead atoms. The Hall–Kier alpha value is -3.12. The second-order valence-electron chi connectivity index (χ2n) is 8.23. The van der Waals surface area contributed by atoms with E-state index in [0.29, 0.717) is 22.2 Å². The van der Waals surface area contributed by atoms with Crippen molar-refractivity contribution < 1.29 is 15.0 Å². The number of carboxylic acid groups (broad SMARTS) is 1. The van der Waals surface area contributed by atoms with Crippen LogP contribution in [0.25, 0.3) is 22.2 Å². The molecular weight excluding hydrogens is 426 g/mol. The van der Waals surface area contributed by atoms with E-state index in [1.165, 1.54) is 19.6 Å². The van der Waals surface area contributed by atoms with E-state index in [9.17, 15) is 15.0 Å². The highest BCUT2D eigenvalue weighted by Gasteiger charge is 2.22. The molecule has 34 heavy (non-hydrogen) atoms. The summed E-state index contributed by atoms with van der Waals surface area (Å²) < 4.78 is 0. The fourth-order valence-electron chi connectivity index (χ4n) is 4.07. The van der Waals surface area contributed by atoms with Gasteiger partial charge in [0.05, 0.1) is 5.52 Å². The van der Waals surface area contributed by atoms with Gasteiger partial charge in [-0.05, 0) is 70.6 Å². The number of carboxylic acids is 1. The first-order chi connectivity index (χ1) is 16.2. The number of carbonyl (C=O) groups is 1. The Labute approximate surface area is 203 Å². The smallest absolute Gasteiger partial charge is 0.340 e. The third-order valence-corrected chi connectivity index (χ3v) is 6.48. The lowest BCUT2D eigenvalue weighted by molar-refractivity contribution is 0.0696. The zero-order valence-corrected chi connectivity index (χ0v) is 21.6. The number of hydrogen-bond acceptors (Lipinski definition) is 5. The SMILES string of the molecule is CCN(CC)CC.CCN(CC)c1ccc(-c2nc3c(C)c(C)ccc3c(C(=O)O)c2O)cc1. The molecule has 2 N–H and O–H groups in total. The molecule has 0 spiro atoms. The zero-order chi connectivity index (χ0) is 25.4. The maximum atomic E-state index is 11.8. The number of aryl methyl sites for hydroxylation is 2. The summed E-state index contributed by atoms with van der Waals surface area (Å²) >= 11 is 0. The van der Waals surface area contributed by atoms with Crippen molar-refractivity contribution in [3.8, 4) is 17.0 Å². The van der Waals surface area contributed by atoms with Crippen LogP contribution < -0.4 is 4.90 Å². The number of benzene rings is 2. The van der Waals surface area contributed by atoms with Gasteiger partial charge < -0.3 is 20.0 Å². The van der Waals surface area contributed by atoms with Crippen molar-refractivity contribution in [1.82, 2.24) is 9.88 Å². The molecule has 3 aromatic rings. The standard InChI is InChI=1S/C22H24N2O3.C6H15N/c1-5-24(6-2)16-10-8-15(9-11-16)20-21(25)18(22(26)27)17-12-7-13(3)14(4)19(17)23-20;1-4-7(5-2)6-3/h7-12,25H,5-6H2,1-4H3,(H,26,27);4-6H2,1-3H3. The second-order valence-corrected chi connectivity index (χ2v) is 8.23. The number of hydrogen-bond donors (Lipinski definition) is 2. The number of fused-ring (bicyclic) bond motifs is 1. The first kappa shape index (κ1) is 27.1. The van der Waals surface area contributed by atoms with Crippen molar-refractivity contribution >= 4 is 22.6 Å². The van der Waals surface area contributed by atoms with Crippen molar-refractivity contribution in [2.24, 2.45) is 0 Å². The summed E-state index contributed by atoms with van der Waals surface area (Å²) in [7, 11) is 0. The minimum atomic E-state index is -1.16. The summed E-state index contributed by atoms with van der Waals surface area (Å²) in [6.45, 7) is 20.0. The summed E-state index contributed by atoms with van der Waals surface area (Å²) in [4.78, 5) is 21.1. The van der Waals surface area contributed by atoms with E-state index in [0.717, 1.165) is 29.9 Å². The van der Waals surface area contributed by atoms with Crippen LogP contribution in [0, 0.1) is 13.8 Å². The van der Waals surface area contributed by atoms with Crippen LogP contribution in [0.15, 0.2) is 36.4 Å². The molecule has 0 aliphatic rings. The third-order valence-electron chi connectivity index (χ3n) is 6.48. The highest BCUT2D eigenvalue weighted by atomic mass is 16.4. The van der Waals surface area contributed by atoms with Crippen LogP contribution >= 0.6 is 0 Å². The van der Waals surface area contributed by atoms with Crippen LogP contribution in [-0.2, 0) is 0 Å². The largest absolute Gasteiger partial charge is 0.505 e. The lowest BCUT2D eigenvalue weighted by Crippen LogP contribution is -2.21. The van der Waals surface area contributed by atoms with Crippen molar-refractivity contribution in [2.75, 3.05) is 37.6 Å². The Balaban J connectivity index is 0.000000509. The number of rotatable bonds is 8. The summed E-state index contributed by atoms with van der Waals surface area (Å²) in [6, 6.07) is 11.2. The summed E-state index contributed by atoms with van der Waals surface area (Å²) in [5.41, 5.74) is 4.50. The van der Waals surface area contributed by atoms with Crippen molar-refractivity contribution in [3.05, 3.63) is 53.1 Å². The fourth-order valence-corrected chi connectivity index (χ4v) is 4.07. The number of aromatic nitrogens is 1. The number of anilines is 1. The van der Waals surface area contributed by atoms with Gasteiger partial charge in [0.25, 0.3) is 0 Å². The molecule has 0 aliphatic carbocycles. The van der Waals surface area contributed by atoms with Crippen LogP contribution in [0.4, 0.5) is 5.69 Å². The summed E-state index contributed by atoms with van der Waals surface area (Å²) in [5.74, 6) is -1.46. The van der Waals surface area contributed by atoms with Gasteiger partial charge in [-0.25, -0.2) is 9.78 Å². The molecule has 184 valence electrons. The molecule has 2 aromatic carbocycles. The monoisotopic (exact) mass is 465 g/mol. The molecule has 3 rings (SSSR count). The highest BCUT2D eigenvalue weighted by Crippen LogP contribution is 2.37. The molecule has 0 fully saturated rings. The van der Waals surface area contributed by atoms with Crippen molar-refractivity contribution in [1.29, 1.82) is 0 Å². The van der Waals surface area contributed by atoms with Gasteiger partial charge in [-0.3, -0.25) is 0 Å². The number of nitrogens with zero attached hydrogens (tertiary/aromatic N) is 3. The van der Waals surface area contributed by atoms with Gasteiger partial charge in [0.2, 0.25) is 0 Å². The van der Waals surface area contributed by atoms with E-state index in [1.807, 2.05) is 44.2 Å². The summed E-state index contributed by atoms with van der Waals surface area (Å²) in [5, 5.41) is 20.8. The second kappa shape index (κ2) is 12.4. The third kappa shape index (κ3) is 5.86. The number of aromatic hydroxyl groups is 1. The molecular formula is C28H39N3O3. The lowest BCUT2D eigenvalue weighted by atomic mass is 9.98. The highest BCUT2D eigenvalue weighted by molar-refractivity contribution is 6.08. The van der Waals surface area contributed by atoms with E-state index >= 15 is 0 Å². The predicted molar refractivity (Wildman–Crippen MR) is 142 cm³/mol. The predicted octanol–water partition coefficient (Wildman–Crippen LogP) is 6.12. The molecule has 0 saturated heterocycles. The number of aromatic carboxylic acids is 1. The van der Waals surface area contributed by atoms with E-state index < -0.39 is 5.97 Å². The molecule has 6 heteroatoms. The Morgan fingerprint density at radius 1 is 0.853 bits per heavy atom. The molecule has 0 aliphatic heterocycles. The van der Waals surface area contributed by atoms with Crippen LogP contribution in [0.2, 0.25) is 0 Å². The van der Waals surface area contributed by atoms with Crippen LogP contribution in [0.1, 0.15) is 56.1 Å². The van der Waals surface area contributed by atoms with Gasteiger partial charge in [0.1, 0.15) is 11.3 Å². The fraction of sp³-hybridized carbons (Fsp3) is 0.429. The van der Waals surface area contributed by atoms with E-state index in [2.05, 4.69) is 49.4 Å². The molecule has 0 radical (unpaired) electrons. The molecule has 0 unspecified atom stereocenters. The topological polar surface area (TPSA) is 76.9 Å². The lowest BCUT2D eigenvalue weighted by Gasteiger charge is -2.21. The minimum Gasteiger partial charge on any atom is -0.505 e. The van der Waals surface area contributed by atoms with E-state index in [-0.39, 0.29) is 11.3 Å². The molecule has 0 amide bonds. The normalized spacial score (nSPS) is 10.8. The zero-order valence-electron chi connectivity index (χ0n) is 21.6. The van der Waals surface area contributed by atoms with Gasteiger partial charge in [-0.2, -0.15) is 0 Å². The molecule has 1 heterocycles. The van der Waals surface area contributed by atoms with Gasteiger partial charge >= 0.3 is 5.97 Å². The van der Waals surface area contributed by atoms with Crippen LogP contribution in [0.3, 0.4) is 0 Å².